The summed E-state index contributed by atoms with van der Waals surface area (Å²) < 4.78 is 10.5. The summed E-state index contributed by atoms with van der Waals surface area (Å²) >= 11 is 0. The van der Waals surface area contributed by atoms with Crippen LogP contribution in [0.4, 0.5) is 0 Å². The van der Waals surface area contributed by atoms with Crippen molar-refractivity contribution in [3.8, 4) is 0 Å². The molecule has 0 rings (SSSR count). The fourth-order valence-electron chi connectivity index (χ4n) is 4.45. The molecule has 0 heterocycles. The third-order valence-corrected chi connectivity index (χ3v) is 6.95. The third-order valence-electron chi connectivity index (χ3n) is 6.95. The van der Waals surface area contributed by atoms with Crippen LogP contribution in [0, 0.1) is 0 Å². The van der Waals surface area contributed by atoms with E-state index in [9.17, 15) is 14.7 Å². The third kappa shape index (κ3) is 29.1. The molecule has 40 heavy (non-hydrogen) atoms. The number of aliphatic hydroxyl groups is 1. The zero-order valence-electron chi connectivity index (χ0n) is 26.1. The lowest BCUT2D eigenvalue weighted by Gasteiger charge is -2.15. The van der Waals surface area contributed by atoms with Crippen molar-refractivity contribution in [2.75, 3.05) is 13.2 Å². The zero-order chi connectivity index (χ0) is 29.4. The van der Waals surface area contributed by atoms with Crippen molar-refractivity contribution >= 4 is 11.9 Å². The first-order chi connectivity index (χ1) is 19.6. The molecule has 0 saturated heterocycles. The number of carbonyl (C=O) groups excluding carboxylic acids is 2. The lowest BCUT2D eigenvalue weighted by molar-refractivity contribution is -0.161. The van der Waals surface area contributed by atoms with Crippen molar-refractivity contribution < 1.29 is 24.2 Å². The maximum absolute atomic E-state index is 12.1. The van der Waals surface area contributed by atoms with E-state index in [0.717, 1.165) is 70.6 Å². The van der Waals surface area contributed by atoms with Gasteiger partial charge in [-0.05, 0) is 44.9 Å². The standard InChI is InChI=1S/C35H62O5/c1-3-5-7-9-11-13-15-16-17-18-20-22-24-26-28-30-35(38)40-33(31-36)32-39-34(37)29-27-25-23-21-19-14-12-10-8-6-4-2/h5,7,11,13,16-17,33,36H,3-4,6,8-10,12,14-15,18-32H2,1-2H3. The predicted octanol–water partition coefficient (Wildman–Crippen LogP) is 9.72. The average Bonchev–Trinajstić information content (AvgIpc) is 2.96. The van der Waals surface area contributed by atoms with Crippen LogP contribution in [-0.2, 0) is 19.1 Å². The summed E-state index contributed by atoms with van der Waals surface area (Å²) in [6, 6.07) is 0. The van der Waals surface area contributed by atoms with E-state index in [0.29, 0.717) is 12.8 Å². The summed E-state index contributed by atoms with van der Waals surface area (Å²) in [6.45, 7) is 3.98. The van der Waals surface area contributed by atoms with Crippen LogP contribution in [0.1, 0.15) is 155 Å². The molecule has 0 bridgehead atoms. The highest BCUT2D eigenvalue weighted by Gasteiger charge is 2.16. The molecule has 1 unspecified atom stereocenters. The van der Waals surface area contributed by atoms with E-state index >= 15 is 0 Å². The first kappa shape index (κ1) is 38.1. The molecule has 0 amide bonds. The molecule has 0 radical (unpaired) electrons. The number of ether oxygens (including phenoxy) is 2. The highest BCUT2D eigenvalue weighted by molar-refractivity contribution is 5.70. The summed E-state index contributed by atoms with van der Waals surface area (Å²) in [5.74, 6) is -0.613. The first-order valence-corrected chi connectivity index (χ1v) is 16.5. The minimum atomic E-state index is -0.775. The Morgan fingerprint density at radius 3 is 1.62 bits per heavy atom. The Kier molecular flexibility index (Phi) is 30.2. The Bertz CT molecular complexity index is 652. The summed E-state index contributed by atoms with van der Waals surface area (Å²) in [6.07, 6.45) is 36.2. The molecule has 0 aliphatic rings. The highest BCUT2D eigenvalue weighted by atomic mass is 16.6. The number of hydrogen-bond acceptors (Lipinski definition) is 5. The number of unbranched alkanes of at least 4 members (excludes halogenated alkanes) is 15. The van der Waals surface area contributed by atoms with Crippen LogP contribution in [0.5, 0.6) is 0 Å². The van der Waals surface area contributed by atoms with E-state index in [1.165, 1.54) is 57.8 Å². The Morgan fingerprint density at radius 2 is 1.07 bits per heavy atom. The van der Waals surface area contributed by atoms with Crippen molar-refractivity contribution in [3.63, 3.8) is 0 Å². The van der Waals surface area contributed by atoms with Crippen LogP contribution in [0.15, 0.2) is 36.5 Å². The molecule has 5 heteroatoms. The van der Waals surface area contributed by atoms with E-state index in [1.54, 1.807) is 0 Å². The van der Waals surface area contributed by atoms with Crippen molar-refractivity contribution in [3.05, 3.63) is 36.5 Å². The number of aliphatic hydroxyl groups excluding tert-OH is 1. The normalized spacial score (nSPS) is 12.6. The van der Waals surface area contributed by atoms with Gasteiger partial charge in [-0.1, -0.05) is 134 Å². The molecule has 1 atom stereocenters. The van der Waals surface area contributed by atoms with Crippen LogP contribution in [0.25, 0.3) is 0 Å². The van der Waals surface area contributed by atoms with Gasteiger partial charge in [-0.15, -0.1) is 0 Å². The smallest absolute Gasteiger partial charge is 0.306 e. The fourth-order valence-corrected chi connectivity index (χ4v) is 4.45. The predicted molar refractivity (Wildman–Crippen MR) is 168 cm³/mol. The molecular weight excluding hydrogens is 500 g/mol. The van der Waals surface area contributed by atoms with Gasteiger partial charge in [0.2, 0.25) is 0 Å². The number of rotatable bonds is 29. The van der Waals surface area contributed by atoms with Gasteiger partial charge in [0.1, 0.15) is 6.61 Å². The van der Waals surface area contributed by atoms with Crippen molar-refractivity contribution in [2.24, 2.45) is 0 Å². The molecule has 0 spiro atoms. The Hall–Kier alpha value is -1.88. The lowest BCUT2D eigenvalue weighted by Crippen LogP contribution is -2.28. The number of hydrogen-bond donors (Lipinski definition) is 1. The Balaban J connectivity index is 3.62. The molecule has 232 valence electrons. The molecule has 0 aromatic heterocycles. The van der Waals surface area contributed by atoms with Gasteiger partial charge in [0.25, 0.3) is 0 Å². The highest BCUT2D eigenvalue weighted by Crippen LogP contribution is 2.13. The van der Waals surface area contributed by atoms with Crippen LogP contribution in [-0.4, -0.2) is 36.4 Å². The second-order valence-corrected chi connectivity index (χ2v) is 10.9. The topological polar surface area (TPSA) is 72.8 Å². The largest absolute Gasteiger partial charge is 0.462 e. The summed E-state index contributed by atoms with van der Waals surface area (Å²) in [5.41, 5.74) is 0. The molecule has 5 nitrogen and oxygen atoms in total. The van der Waals surface area contributed by atoms with E-state index in [4.69, 9.17) is 9.47 Å². The quantitative estimate of drug-likeness (QED) is 0.0558. The van der Waals surface area contributed by atoms with Gasteiger partial charge >= 0.3 is 11.9 Å². The number of esters is 2. The van der Waals surface area contributed by atoms with Crippen LogP contribution in [0.3, 0.4) is 0 Å². The summed E-state index contributed by atoms with van der Waals surface area (Å²) in [4.78, 5) is 24.1. The maximum Gasteiger partial charge on any atom is 0.306 e. The Labute approximate surface area is 246 Å². The molecule has 0 fully saturated rings. The van der Waals surface area contributed by atoms with Gasteiger partial charge in [-0.25, -0.2) is 0 Å². The van der Waals surface area contributed by atoms with E-state index in [-0.39, 0.29) is 25.2 Å². The minimum absolute atomic E-state index is 0.0711. The number of carbonyl (C=O) groups is 2. The molecule has 0 aromatic rings. The van der Waals surface area contributed by atoms with Gasteiger partial charge in [-0.2, -0.15) is 0 Å². The van der Waals surface area contributed by atoms with E-state index < -0.39 is 6.10 Å². The van der Waals surface area contributed by atoms with Crippen molar-refractivity contribution in [1.82, 2.24) is 0 Å². The molecule has 0 aliphatic carbocycles. The van der Waals surface area contributed by atoms with Crippen molar-refractivity contribution in [1.29, 1.82) is 0 Å². The molecular formula is C35H62O5. The van der Waals surface area contributed by atoms with Gasteiger partial charge in [0, 0.05) is 12.8 Å². The molecule has 1 N–H and O–H groups in total. The van der Waals surface area contributed by atoms with Crippen LogP contribution >= 0.6 is 0 Å². The Morgan fingerprint density at radius 1 is 0.600 bits per heavy atom. The van der Waals surface area contributed by atoms with E-state index in [1.807, 2.05) is 0 Å². The van der Waals surface area contributed by atoms with Gasteiger partial charge < -0.3 is 14.6 Å². The van der Waals surface area contributed by atoms with E-state index in [2.05, 4.69) is 50.3 Å². The fraction of sp³-hybridized carbons (Fsp3) is 0.771. The van der Waals surface area contributed by atoms with Gasteiger partial charge in [0.15, 0.2) is 6.10 Å². The monoisotopic (exact) mass is 562 g/mol. The van der Waals surface area contributed by atoms with Crippen LogP contribution < -0.4 is 0 Å². The molecule has 0 aliphatic heterocycles. The van der Waals surface area contributed by atoms with Crippen molar-refractivity contribution in [2.45, 2.75) is 161 Å². The molecule has 0 aromatic carbocycles. The average molecular weight is 563 g/mol. The zero-order valence-corrected chi connectivity index (χ0v) is 26.1. The SMILES string of the molecule is CCC=CCC=CCC=CCCCCCCCC(=O)OC(CO)COC(=O)CCCCCCCCCCCCC. The lowest BCUT2D eigenvalue weighted by atomic mass is 10.1. The number of allylic oxidation sites excluding steroid dienone is 6. The molecule has 0 saturated carbocycles. The maximum atomic E-state index is 12.1. The second-order valence-electron chi connectivity index (χ2n) is 10.9. The second kappa shape index (κ2) is 31.6. The van der Waals surface area contributed by atoms with Gasteiger partial charge in [-0.3, -0.25) is 9.59 Å². The first-order valence-electron chi connectivity index (χ1n) is 16.5. The van der Waals surface area contributed by atoms with Crippen LogP contribution in [0.2, 0.25) is 0 Å². The minimum Gasteiger partial charge on any atom is -0.462 e. The summed E-state index contributed by atoms with van der Waals surface area (Å²) in [7, 11) is 0. The van der Waals surface area contributed by atoms with Gasteiger partial charge in [0.05, 0.1) is 6.61 Å². The summed E-state index contributed by atoms with van der Waals surface area (Å²) in [5, 5.41) is 9.49.